The topological polar surface area (TPSA) is 73.9 Å². The van der Waals surface area contributed by atoms with Crippen LogP contribution in [0.2, 0.25) is 0 Å². The molecule has 1 heterocycles. The van der Waals surface area contributed by atoms with Gasteiger partial charge in [0.1, 0.15) is 6.10 Å². The Labute approximate surface area is 98.9 Å². The van der Waals surface area contributed by atoms with Gasteiger partial charge in [-0.1, -0.05) is 6.08 Å². The van der Waals surface area contributed by atoms with E-state index >= 15 is 0 Å². The number of alkyl carbamates (subject to hydrolysis) is 1. The summed E-state index contributed by atoms with van der Waals surface area (Å²) in [6, 6.07) is -0.424. The van der Waals surface area contributed by atoms with Crippen LogP contribution in [0.25, 0.3) is 0 Å². The molecule has 1 aliphatic carbocycles. The van der Waals surface area contributed by atoms with E-state index in [-0.39, 0.29) is 5.78 Å². The number of methoxy groups -OCH3 is 1. The van der Waals surface area contributed by atoms with Crippen molar-refractivity contribution >= 4 is 11.9 Å². The normalized spacial score (nSPS) is 34.3. The zero-order chi connectivity index (χ0) is 12.6. The summed E-state index contributed by atoms with van der Waals surface area (Å²) in [7, 11) is 1.28. The van der Waals surface area contributed by atoms with Gasteiger partial charge in [-0.3, -0.25) is 4.79 Å². The lowest BCUT2D eigenvalue weighted by molar-refractivity contribution is -0.152. The number of hydrogen-bond donors (Lipinski definition) is 1. The molecule has 0 spiro atoms. The molecule has 0 aromatic rings. The van der Waals surface area contributed by atoms with E-state index in [1.54, 1.807) is 19.9 Å². The fourth-order valence-corrected chi connectivity index (χ4v) is 2.00. The molecule has 3 atom stereocenters. The molecule has 0 bridgehead atoms. The Balaban J connectivity index is 2.16. The van der Waals surface area contributed by atoms with Gasteiger partial charge >= 0.3 is 6.09 Å². The first-order valence-electron chi connectivity index (χ1n) is 5.35. The van der Waals surface area contributed by atoms with Crippen molar-refractivity contribution in [1.29, 1.82) is 0 Å². The molecule has 0 aromatic carbocycles. The molecule has 6 nitrogen and oxygen atoms in total. The third-order valence-electron chi connectivity index (χ3n) is 2.70. The second-order valence-electron chi connectivity index (χ2n) is 4.44. The second kappa shape index (κ2) is 4.12. The Kier molecular flexibility index (Phi) is 2.92. The average Bonchev–Trinajstić information content (AvgIpc) is 2.59. The van der Waals surface area contributed by atoms with Crippen LogP contribution in [-0.4, -0.2) is 43.0 Å². The number of carbonyl (C=O) groups is 2. The number of amides is 1. The second-order valence-corrected chi connectivity index (χ2v) is 4.44. The lowest BCUT2D eigenvalue weighted by Crippen LogP contribution is -2.50. The van der Waals surface area contributed by atoms with Gasteiger partial charge < -0.3 is 19.5 Å². The van der Waals surface area contributed by atoms with Gasteiger partial charge in [0.15, 0.2) is 17.7 Å². The fraction of sp³-hybridized carbons (Fsp3) is 0.636. The zero-order valence-electron chi connectivity index (χ0n) is 9.93. The van der Waals surface area contributed by atoms with Crippen LogP contribution in [0.4, 0.5) is 4.79 Å². The van der Waals surface area contributed by atoms with Crippen molar-refractivity contribution in [3.05, 3.63) is 12.2 Å². The molecule has 1 saturated heterocycles. The molecule has 6 heteroatoms. The number of ketones is 1. The molecule has 1 fully saturated rings. The maximum Gasteiger partial charge on any atom is 0.407 e. The lowest BCUT2D eigenvalue weighted by atomic mass is 9.96. The van der Waals surface area contributed by atoms with Crippen molar-refractivity contribution in [1.82, 2.24) is 5.32 Å². The number of fused-ring (bicyclic) bond motifs is 1. The summed E-state index contributed by atoms with van der Waals surface area (Å²) in [5, 5.41) is 2.59. The predicted molar refractivity (Wildman–Crippen MR) is 57.3 cm³/mol. The summed E-state index contributed by atoms with van der Waals surface area (Å²) < 4.78 is 15.6. The Hall–Kier alpha value is -1.40. The standard InChI is InChI=1S/C11H15NO5/c1-11(2)16-8-6(12-10(14)15-3)4-5-7(13)9(8)17-11/h4-6,8-9H,1-3H3,(H,12,14)/t6-,8-,9+/m0/s1. The molecule has 1 aliphatic heterocycles. The maximum atomic E-state index is 11.6. The van der Waals surface area contributed by atoms with E-state index in [0.717, 1.165) is 0 Å². The number of ether oxygens (including phenoxy) is 3. The largest absolute Gasteiger partial charge is 0.453 e. The molecular formula is C11H15NO5. The van der Waals surface area contributed by atoms with Crippen LogP contribution in [0.3, 0.4) is 0 Å². The van der Waals surface area contributed by atoms with E-state index in [4.69, 9.17) is 9.47 Å². The zero-order valence-corrected chi connectivity index (χ0v) is 9.93. The molecule has 0 aromatic heterocycles. The van der Waals surface area contributed by atoms with Crippen LogP contribution < -0.4 is 5.32 Å². The van der Waals surface area contributed by atoms with Crippen molar-refractivity contribution < 1.29 is 23.8 Å². The van der Waals surface area contributed by atoms with Crippen molar-refractivity contribution in [3.63, 3.8) is 0 Å². The molecule has 2 rings (SSSR count). The molecule has 0 radical (unpaired) electrons. The van der Waals surface area contributed by atoms with Gasteiger partial charge in [0.2, 0.25) is 0 Å². The third-order valence-corrected chi connectivity index (χ3v) is 2.70. The van der Waals surface area contributed by atoms with Gasteiger partial charge in [-0.15, -0.1) is 0 Å². The van der Waals surface area contributed by atoms with E-state index < -0.39 is 30.1 Å². The SMILES string of the molecule is COC(=O)N[C@H]1C=CC(=O)[C@H]2OC(C)(C)O[C@@H]12. The van der Waals surface area contributed by atoms with Crippen molar-refractivity contribution in [2.45, 2.75) is 37.9 Å². The molecule has 0 saturated carbocycles. The van der Waals surface area contributed by atoms with Crippen molar-refractivity contribution in [2.24, 2.45) is 0 Å². The Morgan fingerprint density at radius 3 is 2.82 bits per heavy atom. The number of nitrogens with one attached hydrogen (secondary N) is 1. The van der Waals surface area contributed by atoms with E-state index in [1.807, 2.05) is 0 Å². The minimum absolute atomic E-state index is 0.150. The molecule has 17 heavy (non-hydrogen) atoms. The monoisotopic (exact) mass is 241 g/mol. The first-order chi connectivity index (χ1) is 7.93. The van der Waals surface area contributed by atoms with E-state index in [1.165, 1.54) is 13.2 Å². The Morgan fingerprint density at radius 1 is 1.47 bits per heavy atom. The van der Waals surface area contributed by atoms with Gasteiger partial charge in [0.05, 0.1) is 13.2 Å². The number of carbonyl (C=O) groups excluding carboxylic acids is 2. The highest BCUT2D eigenvalue weighted by Crippen LogP contribution is 2.33. The Bertz CT molecular complexity index is 376. The molecule has 2 aliphatic rings. The summed E-state index contributed by atoms with van der Waals surface area (Å²) in [5.74, 6) is -0.976. The number of hydrogen-bond acceptors (Lipinski definition) is 5. The molecule has 1 N–H and O–H groups in total. The van der Waals surface area contributed by atoms with Crippen LogP contribution in [0.5, 0.6) is 0 Å². The highest BCUT2D eigenvalue weighted by molar-refractivity contribution is 5.95. The quantitative estimate of drug-likeness (QED) is 0.718. The summed E-state index contributed by atoms with van der Waals surface area (Å²) in [5.41, 5.74) is 0. The van der Waals surface area contributed by atoms with E-state index in [0.29, 0.717) is 0 Å². The van der Waals surface area contributed by atoms with Gasteiger partial charge in [-0.05, 0) is 19.9 Å². The van der Waals surface area contributed by atoms with Gasteiger partial charge in [0.25, 0.3) is 0 Å². The highest BCUT2D eigenvalue weighted by atomic mass is 16.8. The van der Waals surface area contributed by atoms with Crippen LogP contribution in [0.15, 0.2) is 12.2 Å². The smallest absolute Gasteiger partial charge is 0.407 e. The Morgan fingerprint density at radius 2 is 2.18 bits per heavy atom. The summed E-state index contributed by atoms with van der Waals surface area (Å²) in [6.07, 6.45) is 1.23. The van der Waals surface area contributed by atoms with Crippen LogP contribution in [0, 0.1) is 0 Å². The van der Waals surface area contributed by atoms with Crippen LogP contribution in [0.1, 0.15) is 13.8 Å². The van der Waals surface area contributed by atoms with Crippen molar-refractivity contribution in [3.8, 4) is 0 Å². The summed E-state index contributed by atoms with van der Waals surface area (Å²) >= 11 is 0. The minimum atomic E-state index is -0.826. The van der Waals surface area contributed by atoms with Gasteiger partial charge in [-0.2, -0.15) is 0 Å². The van der Waals surface area contributed by atoms with E-state index in [2.05, 4.69) is 10.1 Å². The summed E-state index contributed by atoms with van der Waals surface area (Å²) in [4.78, 5) is 22.8. The highest BCUT2D eigenvalue weighted by Gasteiger charge is 2.49. The lowest BCUT2D eigenvalue weighted by Gasteiger charge is -2.26. The van der Waals surface area contributed by atoms with E-state index in [9.17, 15) is 9.59 Å². The van der Waals surface area contributed by atoms with Crippen molar-refractivity contribution in [2.75, 3.05) is 7.11 Å². The maximum absolute atomic E-state index is 11.6. The number of rotatable bonds is 1. The van der Waals surface area contributed by atoms with Gasteiger partial charge in [0, 0.05) is 0 Å². The molecule has 0 unspecified atom stereocenters. The van der Waals surface area contributed by atoms with Crippen LogP contribution >= 0.6 is 0 Å². The molecular weight excluding hydrogens is 226 g/mol. The van der Waals surface area contributed by atoms with Crippen LogP contribution in [-0.2, 0) is 19.0 Å². The first kappa shape index (κ1) is 12.1. The summed E-state index contributed by atoms with van der Waals surface area (Å²) in [6.45, 7) is 3.46. The first-order valence-corrected chi connectivity index (χ1v) is 5.35. The molecule has 94 valence electrons. The third kappa shape index (κ3) is 2.32. The fourth-order valence-electron chi connectivity index (χ4n) is 2.00. The minimum Gasteiger partial charge on any atom is -0.453 e. The predicted octanol–water partition coefficient (Wildman–Crippen LogP) is 0.370. The molecule has 1 amide bonds. The average molecular weight is 241 g/mol. The van der Waals surface area contributed by atoms with Gasteiger partial charge in [-0.25, -0.2) is 4.79 Å².